The second kappa shape index (κ2) is 10.2. The third-order valence-electron chi connectivity index (χ3n) is 4.92. The third-order valence-corrected chi connectivity index (χ3v) is 4.92. The van der Waals surface area contributed by atoms with Crippen LogP contribution in [-0.4, -0.2) is 116 Å². The van der Waals surface area contributed by atoms with Crippen LogP contribution in [0.3, 0.4) is 0 Å². The first-order chi connectivity index (χ1) is 13.6. The quantitative estimate of drug-likeness (QED) is 0.162. The highest BCUT2D eigenvalue weighted by molar-refractivity contribution is 5.87. The predicted molar refractivity (Wildman–Crippen MR) is 91.9 cm³/mol. The van der Waals surface area contributed by atoms with Crippen molar-refractivity contribution in [3.05, 3.63) is 11.6 Å². The Bertz CT molecular complexity index is 581. The Hall–Kier alpha value is -1.19. The minimum atomic E-state index is -1.73. The van der Waals surface area contributed by atoms with E-state index in [9.17, 15) is 40.5 Å². The molecule has 0 aromatic rings. The molecule has 12 heteroatoms. The minimum absolute atomic E-state index is 0.232. The standard InChI is InChI=1S/C17H28O12/c1-3-6(2)15(25)29-17-14(24)12(22)10(20)8(28-17)5-26-16-13(23)11(21)9(19)7(4-18)27-16/h3,7-14,16-24H,4-5H2,1-2H3/b6-3-/t7-,8-,9-,10-,11+,12+,13-,14-,16-,17+/m1/s1. The summed E-state index contributed by atoms with van der Waals surface area (Å²) in [7, 11) is 0. The van der Waals surface area contributed by atoms with Crippen LogP contribution in [-0.2, 0) is 23.7 Å². The van der Waals surface area contributed by atoms with Crippen LogP contribution < -0.4 is 0 Å². The van der Waals surface area contributed by atoms with E-state index in [2.05, 4.69) is 0 Å². The second-order valence-electron chi connectivity index (χ2n) is 6.92. The van der Waals surface area contributed by atoms with Crippen LogP contribution in [0.25, 0.3) is 0 Å². The molecule has 0 radical (unpaired) electrons. The number of esters is 1. The molecule has 0 saturated carbocycles. The first-order valence-electron chi connectivity index (χ1n) is 9.08. The summed E-state index contributed by atoms with van der Waals surface area (Å²) in [5.41, 5.74) is 0.232. The molecule has 168 valence electrons. The molecule has 0 aromatic carbocycles. The Morgan fingerprint density at radius 1 is 0.862 bits per heavy atom. The zero-order valence-corrected chi connectivity index (χ0v) is 15.9. The lowest BCUT2D eigenvalue weighted by Gasteiger charge is -2.42. The van der Waals surface area contributed by atoms with E-state index in [1.807, 2.05) is 0 Å². The number of ether oxygens (including phenoxy) is 4. The van der Waals surface area contributed by atoms with Gasteiger partial charge in [0, 0.05) is 5.57 Å². The average molecular weight is 424 g/mol. The fourth-order valence-electron chi connectivity index (χ4n) is 2.86. The van der Waals surface area contributed by atoms with Crippen molar-refractivity contribution in [2.24, 2.45) is 0 Å². The van der Waals surface area contributed by atoms with Gasteiger partial charge < -0.3 is 54.7 Å². The van der Waals surface area contributed by atoms with E-state index in [-0.39, 0.29) is 5.57 Å². The first kappa shape index (κ1) is 24.1. The van der Waals surface area contributed by atoms with Gasteiger partial charge in [-0.05, 0) is 13.8 Å². The Morgan fingerprint density at radius 3 is 1.93 bits per heavy atom. The number of aliphatic hydroxyl groups excluding tert-OH is 7. The zero-order chi connectivity index (χ0) is 21.9. The molecule has 0 aliphatic carbocycles. The minimum Gasteiger partial charge on any atom is -0.429 e. The molecular formula is C17H28O12. The molecule has 0 bridgehead atoms. The number of hydrogen-bond acceptors (Lipinski definition) is 12. The first-order valence-corrected chi connectivity index (χ1v) is 9.08. The van der Waals surface area contributed by atoms with Gasteiger partial charge >= 0.3 is 5.97 Å². The van der Waals surface area contributed by atoms with Crippen LogP contribution in [0.2, 0.25) is 0 Å². The maximum atomic E-state index is 11.9. The summed E-state index contributed by atoms with van der Waals surface area (Å²) in [5.74, 6) is -0.797. The van der Waals surface area contributed by atoms with Crippen molar-refractivity contribution >= 4 is 5.97 Å². The molecule has 2 saturated heterocycles. The zero-order valence-electron chi connectivity index (χ0n) is 15.9. The van der Waals surface area contributed by atoms with Crippen LogP contribution in [0, 0.1) is 0 Å². The van der Waals surface area contributed by atoms with Crippen molar-refractivity contribution in [1.82, 2.24) is 0 Å². The monoisotopic (exact) mass is 424 g/mol. The summed E-state index contributed by atoms with van der Waals surface area (Å²) in [6.45, 7) is 1.91. The summed E-state index contributed by atoms with van der Waals surface area (Å²) in [6, 6.07) is 0. The van der Waals surface area contributed by atoms with Crippen molar-refractivity contribution in [1.29, 1.82) is 0 Å². The fourth-order valence-corrected chi connectivity index (χ4v) is 2.86. The highest BCUT2D eigenvalue weighted by atomic mass is 16.7. The van der Waals surface area contributed by atoms with Crippen LogP contribution in [0.1, 0.15) is 13.8 Å². The largest absolute Gasteiger partial charge is 0.429 e. The van der Waals surface area contributed by atoms with E-state index < -0.39 is 80.6 Å². The molecule has 0 aromatic heterocycles. The lowest BCUT2D eigenvalue weighted by Crippen LogP contribution is -2.61. The average Bonchev–Trinajstić information content (AvgIpc) is 2.71. The van der Waals surface area contributed by atoms with Gasteiger partial charge in [-0.1, -0.05) is 6.08 Å². The van der Waals surface area contributed by atoms with Crippen molar-refractivity contribution in [3.63, 3.8) is 0 Å². The Labute approximate surface area is 166 Å². The Kier molecular flexibility index (Phi) is 8.48. The molecule has 29 heavy (non-hydrogen) atoms. The predicted octanol–water partition coefficient (Wildman–Crippen LogP) is -3.88. The van der Waals surface area contributed by atoms with Gasteiger partial charge in [0.05, 0.1) is 13.2 Å². The Morgan fingerprint density at radius 2 is 1.38 bits per heavy atom. The van der Waals surface area contributed by atoms with Crippen LogP contribution in [0.5, 0.6) is 0 Å². The molecule has 0 unspecified atom stereocenters. The van der Waals surface area contributed by atoms with E-state index in [4.69, 9.17) is 18.9 Å². The smallest absolute Gasteiger partial charge is 0.335 e. The molecule has 12 nitrogen and oxygen atoms in total. The Balaban J connectivity index is 2.02. The number of carbonyl (C=O) groups excluding carboxylic acids is 1. The van der Waals surface area contributed by atoms with E-state index >= 15 is 0 Å². The fraction of sp³-hybridized carbons (Fsp3) is 0.824. The van der Waals surface area contributed by atoms with Gasteiger partial charge in [0.25, 0.3) is 0 Å². The second-order valence-corrected chi connectivity index (χ2v) is 6.92. The lowest BCUT2D eigenvalue weighted by atomic mass is 9.98. The van der Waals surface area contributed by atoms with Gasteiger partial charge in [0.2, 0.25) is 6.29 Å². The number of allylic oxidation sites excluding steroid dienone is 1. The summed E-state index contributed by atoms with van der Waals surface area (Å²) in [5, 5.41) is 68.8. The van der Waals surface area contributed by atoms with Crippen LogP contribution >= 0.6 is 0 Å². The van der Waals surface area contributed by atoms with Crippen LogP contribution in [0.4, 0.5) is 0 Å². The van der Waals surface area contributed by atoms with Gasteiger partial charge in [-0.2, -0.15) is 0 Å². The lowest BCUT2D eigenvalue weighted by molar-refractivity contribution is -0.326. The van der Waals surface area contributed by atoms with Gasteiger partial charge in [0.1, 0.15) is 48.8 Å². The van der Waals surface area contributed by atoms with E-state index in [0.29, 0.717) is 0 Å². The highest BCUT2D eigenvalue weighted by Crippen LogP contribution is 2.26. The van der Waals surface area contributed by atoms with Gasteiger partial charge in [-0.3, -0.25) is 0 Å². The SMILES string of the molecule is C/C=C(/C)C(=O)O[C@@H]1O[C@H](CO[C@@H]2O[C@H](CO)[C@@H](O)[C@H](O)[C@H]2O)[C@@H](O)[C@H](O)[C@H]1O. The van der Waals surface area contributed by atoms with Gasteiger partial charge in [0.15, 0.2) is 6.29 Å². The van der Waals surface area contributed by atoms with Crippen LogP contribution in [0.15, 0.2) is 11.6 Å². The van der Waals surface area contributed by atoms with E-state index in [1.54, 1.807) is 6.92 Å². The summed E-state index contributed by atoms with van der Waals surface area (Å²) >= 11 is 0. The number of aliphatic hydroxyl groups is 7. The van der Waals surface area contributed by atoms with E-state index in [1.165, 1.54) is 13.0 Å². The molecule has 2 rings (SSSR count). The molecule has 2 aliphatic rings. The normalized spacial score (nSPS) is 43.8. The highest BCUT2D eigenvalue weighted by Gasteiger charge is 2.48. The maximum absolute atomic E-state index is 11.9. The van der Waals surface area contributed by atoms with Crippen molar-refractivity contribution < 1.29 is 59.5 Å². The molecule has 2 heterocycles. The molecular weight excluding hydrogens is 396 g/mol. The summed E-state index contributed by atoms with van der Waals surface area (Å²) in [4.78, 5) is 11.9. The summed E-state index contributed by atoms with van der Waals surface area (Å²) in [6.07, 6.45) is -14.1. The maximum Gasteiger partial charge on any atom is 0.335 e. The van der Waals surface area contributed by atoms with Gasteiger partial charge in [-0.15, -0.1) is 0 Å². The third kappa shape index (κ3) is 5.30. The van der Waals surface area contributed by atoms with Crippen molar-refractivity contribution in [2.75, 3.05) is 13.2 Å². The molecule has 0 spiro atoms. The van der Waals surface area contributed by atoms with Crippen molar-refractivity contribution in [3.8, 4) is 0 Å². The number of carbonyl (C=O) groups is 1. The molecule has 7 N–H and O–H groups in total. The molecule has 10 atom stereocenters. The van der Waals surface area contributed by atoms with E-state index in [0.717, 1.165) is 0 Å². The number of rotatable bonds is 6. The molecule has 2 fully saturated rings. The van der Waals surface area contributed by atoms with Crippen molar-refractivity contribution in [2.45, 2.75) is 75.3 Å². The topological polar surface area (TPSA) is 196 Å². The summed E-state index contributed by atoms with van der Waals surface area (Å²) < 4.78 is 20.8. The number of hydrogen-bond donors (Lipinski definition) is 7. The van der Waals surface area contributed by atoms with Gasteiger partial charge in [-0.25, -0.2) is 4.79 Å². The molecule has 2 aliphatic heterocycles. The molecule has 0 amide bonds.